The molecule has 0 saturated heterocycles. The van der Waals surface area contributed by atoms with Crippen molar-refractivity contribution in [3.05, 3.63) is 5.82 Å². The molecule has 0 fully saturated rings. The van der Waals surface area contributed by atoms with Crippen LogP contribution in [0.1, 0.15) is 12.7 Å². The molecule has 0 saturated carbocycles. The first-order valence-corrected chi connectivity index (χ1v) is 4.23. The summed E-state index contributed by atoms with van der Waals surface area (Å²) in [5.41, 5.74) is 5.24. The van der Waals surface area contributed by atoms with Crippen LogP contribution in [-0.4, -0.2) is 28.0 Å². The summed E-state index contributed by atoms with van der Waals surface area (Å²) in [5, 5.41) is 3.74. The smallest absolute Gasteiger partial charge is 0.261 e. The number of oxime groups is 1. The average molecular weight is 199 g/mol. The fourth-order valence-electron chi connectivity index (χ4n) is 0.566. The second kappa shape index (κ2) is 4.51. The van der Waals surface area contributed by atoms with E-state index in [2.05, 4.69) is 19.4 Å². The van der Waals surface area contributed by atoms with Gasteiger partial charge in [0.15, 0.2) is 10.8 Å². The van der Waals surface area contributed by atoms with E-state index >= 15 is 0 Å². The molecule has 0 spiro atoms. The van der Waals surface area contributed by atoms with Gasteiger partial charge in [0.2, 0.25) is 5.82 Å². The number of nitrogens with two attached hydrogens (primary N) is 1. The average Bonchev–Trinajstić information content (AvgIpc) is 2.54. The molecule has 1 heterocycles. The molecular formula is C6H7N4O2S. The molecule has 0 unspecified atom stereocenters. The number of nitrogen functional groups attached to an aromatic ring is 1. The van der Waals surface area contributed by atoms with Crippen molar-refractivity contribution >= 4 is 28.7 Å². The highest BCUT2D eigenvalue weighted by molar-refractivity contribution is 7.09. The Hall–Kier alpha value is -1.50. The standard InChI is InChI=1S/C6H7N4O2S/c1-2-12-9-4(3-11)5-8-6(7)13-10-5/h2H2,1H3,(H2,7,8,10)/b9-4+. The lowest BCUT2D eigenvalue weighted by molar-refractivity contribution is 0.159. The monoisotopic (exact) mass is 199 g/mol. The molecular weight excluding hydrogens is 192 g/mol. The summed E-state index contributed by atoms with van der Waals surface area (Å²) in [6.07, 6.45) is 1.57. The molecule has 1 aromatic heterocycles. The molecule has 0 bridgehead atoms. The third-order valence-electron chi connectivity index (χ3n) is 1.04. The maximum Gasteiger partial charge on any atom is 0.261 e. The summed E-state index contributed by atoms with van der Waals surface area (Å²) in [4.78, 5) is 18.8. The predicted octanol–water partition coefficient (Wildman–Crippen LogP) is -0.0294. The van der Waals surface area contributed by atoms with Crippen LogP contribution in [0.25, 0.3) is 0 Å². The normalized spacial score (nSPS) is 11.3. The minimum absolute atomic E-state index is 0.0743. The topological polar surface area (TPSA) is 90.5 Å². The van der Waals surface area contributed by atoms with Crippen molar-refractivity contribution in [3.63, 3.8) is 0 Å². The highest BCUT2D eigenvalue weighted by Crippen LogP contribution is 2.05. The lowest BCUT2D eigenvalue weighted by atomic mass is 10.4. The van der Waals surface area contributed by atoms with Gasteiger partial charge in [-0.25, -0.2) is 0 Å². The van der Waals surface area contributed by atoms with Gasteiger partial charge in [-0.2, -0.15) is 9.36 Å². The van der Waals surface area contributed by atoms with Gasteiger partial charge in [-0.3, -0.25) is 4.79 Å². The zero-order valence-corrected chi connectivity index (χ0v) is 7.67. The quantitative estimate of drug-likeness (QED) is 0.543. The Morgan fingerprint density at radius 1 is 1.85 bits per heavy atom. The van der Waals surface area contributed by atoms with Crippen molar-refractivity contribution in [3.8, 4) is 0 Å². The Kier molecular flexibility index (Phi) is 3.32. The van der Waals surface area contributed by atoms with Gasteiger partial charge in [-0.15, -0.1) is 0 Å². The first kappa shape index (κ1) is 9.59. The second-order valence-electron chi connectivity index (χ2n) is 1.92. The summed E-state index contributed by atoms with van der Waals surface area (Å²) in [6, 6.07) is 0. The zero-order chi connectivity index (χ0) is 9.68. The molecule has 0 aliphatic heterocycles. The van der Waals surface area contributed by atoms with Crippen LogP contribution in [0.2, 0.25) is 0 Å². The van der Waals surface area contributed by atoms with Crippen LogP contribution in [0.4, 0.5) is 5.13 Å². The third-order valence-corrected chi connectivity index (χ3v) is 1.58. The molecule has 6 nitrogen and oxygen atoms in total. The number of nitrogens with zero attached hydrogens (tertiary/aromatic N) is 3. The van der Waals surface area contributed by atoms with E-state index in [9.17, 15) is 4.79 Å². The van der Waals surface area contributed by atoms with E-state index in [4.69, 9.17) is 5.73 Å². The number of hydrogen-bond acceptors (Lipinski definition) is 7. The first-order chi connectivity index (χ1) is 6.27. The number of rotatable bonds is 4. The van der Waals surface area contributed by atoms with Crippen molar-refractivity contribution < 1.29 is 9.63 Å². The summed E-state index contributed by atoms with van der Waals surface area (Å²) in [7, 11) is 0. The van der Waals surface area contributed by atoms with Gasteiger partial charge in [-0.1, -0.05) is 5.16 Å². The zero-order valence-electron chi connectivity index (χ0n) is 6.85. The van der Waals surface area contributed by atoms with Gasteiger partial charge in [-0.05, 0) is 6.92 Å². The second-order valence-corrected chi connectivity index (χ2v) is 2.70. The Balaban J connectivity index is 2.84. The molecule has 0 aliphatic rings. The lowest BCUT2D eigenvalue weighted by Crippen LogP contribution is -2.06. The van der Waals surface area contributed by atoms with Crippen LogP contribution in [-0.2, 0) is 9.63 Å². The van der Waals surface area contributed by atoms with Crippen LogP contribution in [0.5, 0.6) is 0 Å². The van der Waals surface area contributed by atoms with Crippen molar-refractivity contribution in [2.45, 2.75) is 6.92 Å². The fraction of sp³-hybridized carbons (Fsp3) is 0.333. The predicted molar refractivity (Wildman–Crippen MR) is 48.2 cm³/mol. The van der Waals surface area contributed by atoms with Gasteiger partial charge < -0.3 is 10.6 Å². The van der Waals surface area contributed by atoms with Gasteiger partial charge in [0.1, 0.15) is 6.61 Å². The number of carbonyl (C=O) groups excluding carboxylic acids is 1. The van der Waals surface area contributed by atoms with E-state index in [1.54, 1.807) is 13.2 Å². The van der Waals surface area contributed by atoms with Crippen molar-refractivity contribution in [1.82, 2.24) is 9.36 Å². The van der Waals surface area contributed by atoms with Crippen LogP contribution in [0, 0.1) is 0 Å². The van der Waals surface area contributed by atoms with Crippen molar-refractivity contribution in [2.24, 2.45) is 5.16 Å². The SMILES string of the molecule is CCO/N=C(\[C]=O)c1nsc(N)n1. The van der Waals surface area contributed by atoms with Crippen LogP contribution in [0.15, 0.2) is 5.16 Å². The molecule has 1 aromatic rings. The summed E-state index contributed by atoms with van der Waals surface area (Å²) in [5.74, 6) is 0.144. The summed E-state index contributed by atoms with van der Waals surface area (Å²) >= 11 is 0.983. The van der Waals surface area contributed by atoms with E-state index in [-0.39, 0.29) is 16.7 Å². The molecule has 2 N–H and O–H groups in total. The molecule has 7 heteroatoms. The molecule has 1 rings (SSSR count). The lowest BCUT2D eigenvalue weighted by Gasteiger charge is -1.92. The largest absolute Gasteiger partial charge is 0.395 e. The van der Waals surface area contributed by atoms with E-state index in [1.807, 2.05) is 0 Å². The highest BCUT2D eigenvalue weighted by atomic mass is 32.1. The van der Waals surface area contributed by atoms with Gasteiger partial charge in [0.05, 0.1) is 0 Å². The van der Waals surface area contributed by atoms with Crippen LogP contribution in [0.3, 0.4) is 0 Å². The van der Waals surface area contributed by atoms with E-state index in [0.717, 1.165) is 11.5 Å². The maximum atomic E-state index is 10.4. The van der Waals surface area contributed by atoms with E-state index in [0.29, 0.717) is 6.61 Å². The third kappa shape index (κ3) is 2.48. The molecule has 0 aromatic carbocycles. The molecule has 1 radical (unpaired) electrons. The van der Waals surface area contributed by atoms with Crippen molar-refractivity contribution in [1.29, 1.82) is 0 Å². The van der Waals surface area contributed by atoms with Gasteiger partial charge >= 0.3 is 0 Å². The van der Waals surface area contributed by atoms with E-state index in [1.165, 1.54) is 0 Å². The summed E-state index contributed by atoms with van der Waals surface area (Å²) in [6.45, 7) is 2.11. The van der Waals surface area contributed by atoms with Gasteiger partial charge in [0.25, 0.3) is 6.29 Å². The highest BCUT2D eigenvalue weighted by Gasteiger charge is 2.10. The maximum absolute atomic E-state index is 10.4. The van der Waals surface area contributed by atoms with E-state index < -0.39 is 0 Å². The minimum atomic E-state index is -0.0743. The molecule has 0 amide bonds. The number of anilines is 1. The Morgan fingerprint density at radius 2 is 2.62 bits per heavy atom. The number of aromatic nitrogens is 2. The molecule has 0 atom stereocenters. The first-order valence-electron chi connectivity index (χ1n) is 3.45. The Bertz CT molecular complexity index is 322. The fourth-order valence-corrected chi connectivity index (χ4v) is 1.00. The van der Waals surface area contributed by atoms with Gasteiger partial charge in [0, 0.05) is 11.5 Å². The molecule has 13 heavy (non-hydrogen) atoms. The Morgan fingerprint density at radius 3 is 3.08 bits per heavy atom. The van der Waals surface area contributed by atoms with Crippen LogP contribution >= 0.6 is 11.5 Å². The Labute approximate surface area is 78.6 Å². The minimum Gasteiger partial charge on any atom is -0.395 e. The van der Waals surface area contributed by atoms with Crippen molar-refractivity contribution in [2.75, 3.05) is 12.3 Å². The summed E-state index contributed by atoms with van der Waals surface area (Å²) < 4.78 is 3.77. The number of hydrogen-bond donors (Lipinski definition) is 1. The van der Waals surface area contributed by atoms with Crippen LogP contribution < -0.4 is 5.73 Å². The molecule has 69 valence electrons. The molecule has 0 aliphatic carbocycles.